The standard InChI is InChI=1S/C19H20N2O2S/c1-13(18(22)20-11-14-7-3-2-4-8-14)21-19(23)16-12-24-17-10-6-5-9-15(16)17/h2-10,13,16H,11-12H2,1H3,(H,20,22)(H,21,23)/t13-,16+/m0/s1. The highest BCUT2D eigenvalue weighted by molar-refractivity contribution is 7.99. The van der Waals surface area contributed by atoms with Crippen LogP contribution in [0.3, 0.4) is 0 Å². The third-order valence-electron chi connectivity index (χ3n) is 4.08. The Labute approximate surface area is 146 Å². The Hall–Kier alpha value is -2.27. The van der Waals surface area contributed by atoms with Gasteiger partial charge >= 0.3 is 0 Å². The van der Waals surface area contributed by atoms with Crippen molar-refractivity contribution in [3.05, 3.63) is 65.7 Å². The monoisotopic (exact) mass is 340 g/mol. The van der Waals surface area contributed by atoms with Crippen LogP contribution in [0.5, 0.6) is 0 Å². The van der Waals surface area contributed by atoms with E-state index in [0.29, 0.717) is 6.54 Å². The second kappa shape index (κ2) is 7.53. The first-order valence-electron chi connectivity index (χ1n) is 7.99. The Balaban J connectivity index is 1.54. The van der Waals surface area contributed by atoms with Gasteiger partial charge in [0.15, 0.2) is 0 Å². The second-order valence-electron chi connectivity index (χ2n) is 5.84. The van der Waals surface area contributed by atoms with Gasteiger partial charge in [0.05, 0.1) is 5.92 Å². The highest BCUT2D eigenvalue weighted by atomic mass is 32.2. The Bertz CT molecular complexity index is 733. The van der Waals surface area contributed by atoms with Gasteiger partial charge in [-0.2, -0.15) is 0 Å². The molecule has 0 bridgehead atoms. The normalized spacial score (nSPS) is 17.0. The van der Waals surface area contributed by atoms with Crippen LogP contribution in [0.2, 0.25) is 0 Å². The molecule has 0 saturated heterocycles. The summed E-state index contributed by atoms with van der Waals surface area (Å²) in [5.41, 5.74) is 2.09. The zero-order chi connectivity index (χ0) is 16.9. The summed E-state index contributed by atoms with van der Waals surface area (Å²) in [5.74, 6) is 0.278. The van der Waals surface area contributed by atoms with Crippen LogP contribution in [-0.2, 0) is 16.1 Å². The van der Waals surface area contributed by atoms with Crippen LogP contribution < -0.4 is 10.6 Å². The Morgan fingerprint density at radius 2 is 1.83 bits per heavy atom. The third-order valence-corrected chi connectivity index (χ3v) is 5.26. The first kappa shape index (κ1) is 16.6. The van der Waals surface area contributed by atoms with Gasteiger partial charge in [-0.3, -0.25) is 9.59 Å². The molecule has 1 aliphatic rings. The van der Waals surface area contributed by atoms with E-state index in [2.05, 4.69) is 10.6 Å². The number of carbonyl (C=O) groups is 2. The largest absolute Gasteiger partial charge is 0.350 e. The first-order valence-corrected chi connectivity index (χ1v) is 8.97. The number of benzene rings is 2. The molecule has 0 saturated carbocycles. The summed E-state index contributed by atoms with van der Waals surface area (Å²) < 4.78 is 0. The predicted octanol–water partition coefficient (Wildman–Crippen LogP) is 2.70. The molecule has 1 aliphatic heterocycles. The summed E-state index contributed by atoms with van der Waals surface area (Å²) in [6.45, 7) is 2.17. The van der Waals surface area contributed by atoms with Gasteiger partial charge in [-0.05, 0) is 24.1 Å². The van der Waals surface area contributed by atoms with E-state index in [1.54, 1.807) is 18.7 Å². The maximum absolute atomic E-state index is 12.5. The lowest BCUT2D eigenvalue weighted by Gasteiger charge is -2.17. The van der Waals surface area contributed by atoms with Gasteiger partial charge in [-0.15, -0.1) is 11.8 Å². The highest BCUT2D eigenvalue weighted by Gasteiger charge is 2.30. The van der Waals surface area contributed by atoms with Crippen LogP contribution in [0.25, 0.3) is 0 Å². The molecular formula is C19H20N2O2S. The fourth-order valence-corrected chi connectivity index (χ4v) is 3.93. The molecule has 0 aromatic heterocycles. The topological polar surface area (TPSA) is 58.2 Å². The molecule has 2 amide bonds. The van der Waals surface area contributed by atoms with Crippen molar-refractivity contribution in [3.63, 3.8) is 0 Å². The lowest BCUT2D eigenvalue weighted by molar-refractivity contribution is -0.129. The SMILES string of the molecule is C[C@H](NC(=O)[C@@H]1CSc2ccccc21)C(=O)NCc1ccccc1. The lowest BCUT2D eigenvalue weighted by Crippen LogP contribution is -2.46. The van der Waals surface area contributed by atoms with Crippen LogP contribution in [0.4, 0.5) is 0 Å². The molecule has 124 valence electrons. The molecule has 0 spiro atoms. The van der Waals surface area contributed by atoms with Crippen LogP contribution in [-0.4, -0.2) is 23.6 Å². The van der Waals surface area contributed by atoms with Crippen LogP contribution >= 0.6 is 11.8 Å². The number of hydrogen-bond donors (Lipinski definition) is 2. The maximum atomic E-state index is 12.5. The van der Waals surface area contributed by atoms with Gasteiger partial charge in [0.2, 0.25) is 11.8 Å². The van der Waals surface area contributed by atoms with Crippen LogP contribution in [0.1, 0.15) is 24.0 Å². The zero-order valence-electron chi connectivity index (χ0n) is 13.5. The fourth-order valence-electron chi connectivity index (χ4n) is 2.70. The number of carbonyl (C=O) groups excluding carboxylic acids is 2. The summed E-state index contributed by atoms with van der Waals surface area (Å²) in [4.78, 5) is 25.8. The summed E-state index contributed by atoms with van der Waals surface area (Å²) >= 11 is 1.69. The molecule has 5 heteroatoms. The maximum Gasteiger partial charge on any atom is 0.242 e. The molecular weight excluding hydrogens is 320 g/mol. The number of nitrogens with one attached hydrogen (secondary N) is 2. The van der Waals surface area contributed by atoms with Crippen molar-refractivity contribution in [1.29, 1.82) is 0 Å². The van der Waals surface area contributed by atoms with Crippen LogP contribution in [0.15, 0.2) is 59.5 Å². The minimum Gasteiger partial charge on any atom is -0.350 e. The van der Waals surface area contributed by atoms with Crippen molar-refractivity contribution in [3.8, 4) is 0 Å². The smallest absolute Gasteiger partial charge is 0.242 e. The highest BCUT2D eigenvalue weighted by Crippen LogP contribution is 2.39. The van der Waals surface area contributed by atoms with Crippen molar-refractivity contribution in [1.82, 2.24) is 10.6 Å². The molecule has 0 radical (unpaired) electrons. The molecule has 2 N–H and O–H groups in total. The zero-order valence-corrected chi connectivity index (χ0v) is 14.3. The second-order valence-corrected chi connectivity index (χ2v) is 6.90. The van der Waals surface area contributed by atoms with Gasteiger partial charge < -0.3 is 10.6 Å². The fraction of sp³-hybridized carbons (Fsp3) is 0.263. The summed E-state index contributed by atoms with van der Waals surface area (Å²) in [6, 6.07) is 17.1. The van der Waals surface area contributed by atoms with E-state index >= 15 is 0 Å². The van der Waals surface area contributed by atoms with Crippen molar-refractivity contribution in [2.45, 2.75) is 30.3 Å². The molecule has 2 atom stereocenters. The van der Waals surface area contributed by atoms with Gasteiger partial charge in [0.1, 0.15) is 6.04 Å². The quantitative estimate of drug-likeness (QED) is 0.880. The van der Waals surface area contributed by atoms with E-state index in [1.165, 1.54) is 0 Å². The Kier molecular flexibility index (Phi) is 5.20. The van der Waals surface area contributed by atoms with Crippen molar-refractivity contribution in [2.75, 3.05) is 5.75 Å². The number of fused-ring (bicyclic) bond motifs is 1. The molecule has 24 heavy (non-hydrogen) atoms. The van der Waals surface area contributed by atoms with Crippen LogP contribution in [0, 0.1) is 0 Å². The molecule has 4 nitrogen and oxygen atoms in total. The average Bonchev–Trinajstić information content (AvgIpc) is 3.04. The summed E-state index contributed by atoms with van der Waals surface area (Å²) in [5, 5.41) is 5.69. The summed E-state index contributed by atoms with van der Waals surface area (Å²) in [6.07, 6.45) is 0. The molecule has 3 rings (SSSR count). The number of thioether (sulfide) groups is 1. The molecule has 0 fully saturated rings. The van der Waals surface area contributed by atoms with E-state index in [4.69, 9.17) is 0 Å². The van der Waals surface area contributed by atoms with Crippen molar-refractivity contribution < 1.29 is 9.59 Å². The average molecular weight is 340 g/mol. The van der Waals surface area contributed by atoms with Gasteiger partial charge in [-0.1, -0.05) is 48.5 Å². The van der Waals surface area contributed by atoms with E-state index in [9.17, 15) is 9.59 Å². The Morgan fingerprint density at radius 3 is 2.62 bits per heavy atom. The number of hydrogen-bond acceptors (Lipinski definition) is 3. The molecule has 0 aliphatic carbocycles. The van der Waals surface area contributed by atoms with Gasteiger partial charge in [0.25, 0.3) is 0 Å². The third kappa shape index (κ3) is 3.79. The van der Waals surface area contributed by atoms with Crippen molar-refractivity contribution >= 4 is 23.6 Å². The molecule has 2 aromatic rings. The molecule has 0 unspecified atom stereocenters. The lowest BCUT2D eigenvalue weighted by atomic mass is 10.0. The van der Waals surface area contributed by atoms with Gasteiger partial charge in [-0.25, -0.2) is 0 Å². The van der Waals surface area contributed by atoms with E-state index in [1.807, 2.05) is 54.6 Å². The number of amides is 2. The Morgan fingerprint density at radius 1 is 1.12 bits per heavy atom. The summed E-state index contributed by atoms with van der Waals surface area (Å²) in [7, 11) is 0. The minimum atomic E-state index is -0.557. The van der Waals surface area contributed by atoms with E-state index < -0.39 is 6.04 Å². The van der Waals surface area contributed by atoms with E-state index in [-0.39, 0.29) is 17.7 Å². The van der Waals surface area contributed by atoms with Crippen molar-refractivity contribution in [2.24, 2.45) is 0 Å². The predicted molar refractivity (Wildman–Crippen MR) is 95.8 cm³/mol. The number of rotatable bonds is 5. The first-order chi connectivity index (χ1) is 11.6. The minimum absolute atomic E-state index is 0.0881. The van der Waals surface area contributed by atoms with E-state index in [0.717, 1.165) is 21.8 Å². The molecule has 1 heterocycles. The van der Waals surface area contributed by atoms with Gasteiger partial charge in [0, 0.05) is 17.2 Å². The molecule has 2 aromatic carbocycles.